The predicted octanol–water partition coefficient (Wildman–Crippen LogP) is 4.44. The van der Waals surface area contributed by atoms with E-state index >= 15 is 0 Å². The van der Waals surface area contributed by atoms with E-state index in [-0.39, 0.29) is 27.1 Å². The number of aryl methyl sites for hydroxylation is 1. The van der Waals surface area contributed by atoms with Gasteiger partial charge in [-0.05, 0) is 25.1 Å². The topological polar surface area (TPSA) is 70.8 Å². The maximum atomic E-state index is 12.9. The second-order valence-corrected chi connectivity index (χ2v) is 7.94. The zero-order valence-electron chi connectivity index (χ0n) is 13.2. The zero-order chi connectivity index (χ0) is 18.3. The fourth-order valence-corrected chi connectivity index (χ4v) is 4.64. The van der Waals surface area contributed by atoms with Gasteiger partial charge in [0.15, 0.2) is 11.5 Å². The van der Waals surface area contributed by atoms with Crippen LogP contribution in [-0.4, -0.2) is 25.1 Å². The summed E-state index contributed by atoms with van der Waals surface area (Å²) in [5.74, 6) is -0.242. The molecule has 1 unspecified atom stereocenters. The second kappa shape index (κ2) is 7.13. The van der Waals surface area contributed by atoms with Crippen molar-refractivity contribution >= 4 is 62.7 Å². The van der Waals surface area contributed by atoms with Crippen molar-refractivity contribution < 1.29 is 9.35 Å². The lowest BCUT2D eigenvalue weighted by Gasteiger charge is -2.15. The standard InChI is InChI=1S/C16H12Cl3N3O2S/c1-8(23)12-14(19)13-10(17)3-4-11(18)15(13)20-16(12)25(24)7-9-5-6-22(2)21-9/h3-6H,7H2,1-2H3. The van der Waals surface area contributed by atoms with Crippen LogP contribution in [0.4, 0.5) is 0 Å². The van der Waals surface area contributed by atoms with Crippen LogP contribution in [0, 0.1) is 0 Å². The number of carbonyl (C=O) groups is 1. The van der Waals surface area contributed by atoms with Gasteiger partial charge in [0.1, 0.15) is 11.3 Å². The first-order valence-corrected chi connectivity index (χ1v) is 9.60. The highest BCUT2D eigenvalue weighted by Gasteiger charge is 2.28. The van der Waals surface area contributed by atoms with Gasteiger partial charge < -0.3 is 4.55 Å². The average molecular weight is 417 g/mol. The molecule has 0 aliphatic heterocycles. The Labute approximate surface area is 162 Å². The summed E-state index contributed by atoms with van der Waals surface area (Å²) < 4.78 is 14.5. The number of pyridine rings is 1. The Kier molecular flexibility index (Phi) is 5.27. The summed E-state index contributed by atoms with van der Waals surface area (Å²) >= 11 is 17.2. The van der Waals surface area contributed by atoms with Gasteiger partial charge in [0.2, 0.25) is 0 Å². The van der Waals surface area contributed by atoms with E-state index in [0.717, 1.165) is 0 Å². The van der Waals surface area contributed by atoms with Gasteiger partial charge in [0, 0.05) is 29.8 Å². The van der Waals surface area contributed by atoms with Crippen LogP contribution in [0.2, 0.25) is 15.1 Å². The minimum Gasteiger partial charge on any atom is -0.610 e. The van der Waals surface area contributed by atoms with Crippen molar-refractivity contribution in [2.75, 3.05) is 0 Å². The molecule has 0 radical (unpaired) electrons. The largest absolute Gasteiger partial charge is 0.610 e. The van der Waals surface area contributed by atoms with Crippen molar-refractivity contribution in [1.29, 1.82) is 0 Å². The van der Waals surface area contributed by atoms with Gasteiger partial charge in [0.25, 0.3) is 5.03 Å². The number of benzene rings is 1. The molecule has 0 aliphatic carbocycles. The lowest BCUT2D eigenvalue weighted by Crippen LogP contribution is -2.14. The molecule has 2 aromatic heterocycles. The second-order valence-electron chi connectivity index (χ2n) is 5.39. The molecule has 0 amide bonds. The van der Waals surface area contributed by atoms with Gasteiger partial charge in [-0.1, -0.05) is 34.8 Å². The first-order valence-electron chi connectivity index (χ1n) is 7.14. The number of hydrogen-bond acceptors (Lipinski definition) is 4. The Morgan fingerprint density at radius 1 is 1.24 bits per heavy atom. The molecular weight excluding hydrogens is 405 g/mol. The van der Waals surface area contributed by atoms with Gasteiger partial charge in [-0.25, -0.2) is 0 Å². The van der Waals surface area contributed by atoms with Crippen LogP contribution in [0.5, 0.6) is 0 Å². The third-order valence-corrected chi connectivity index (χ3v) is 5.84. The van der Waals surface area contributed by atoms with Crippen molar-refractivity contribution in [3.05, 3.63) is 50.7 Å². The van der Waals surface area contributed by atoms with E-state index in [2.05, 4.69) is 10.1 Å². The smallest absolute Gasteiger partial charge is 0.257 e. The number of aromatic nitrogens is 3. The number of carbonyl (C=O) groups excluding carboxylic acids is 1. The highest BCUT2D eigenvalue weighted by Crippen LogP contribution is 2.38. The monoisotopic (exact) mass is 415 g/mol. The fraction of sp³-hybridized carbons (Fsp3) is 0.188. The highest BCUT2D eigenvalue weighted by atomic mass is 35.5. The van der Waals surface area contributed by atoms with E-state index in [4.69, 9.17) is 34.8 Å². The van der Waals surface area contributed by atoms with E-state index in [1.54, 1.807) is 36.1 Å². The molecule has 130 valence electrons. The average Bonchev–Trinajstić information content (AvgIpc) is 2.94. The zero-order valence-corrected chi connectivity index (χ0v) is 16.3. The number of fused-ring (bicyclic) bond motifs is 1. The van der Waals surface area contributed by atoms with Crippen molar-refractivity contribution in [1.82, 2.24) is 14.8 Å². The van der Waals surface area contributed by atoms with Crippen molar-refractivity contribution in [3.8, 4) is 0 Å². The maximum absolute atomic E-state index is 12.9. The SMILES string of the molecule is CC(=O)c1c([S+]([O-])Cc2ccn(C)n2)nc2c(Cl)ccc(Cl)c2c1Cl. The third-order valence-electron chi connectivity index (χ3n) is 3.56. The van der Waals surface area contributed by atoms with Crippen LogP contribution in [0.25, 0.3) is 10.9 Å². The van der Waals surface area contributed by atoms with Gasteiger partial charge in [-0.15, -0.1) is 0 Å². The molecule has 2 heterocycles. The quantitative estimate of drug-likeness (QED) is 0.466. The lowest BCUT2D eigenvalue weighted by molar-refractivity contribution is 0.101. The number of halogens is 3. The first kappa shape index (κ1) is 18.5. The Bertz CT molecular complexity index is 990. The molecule has 25 heavy (non-hydrogen) atoms. The third kappa shape index (κ3) is 3.50. The highest BCUT2D eigenvalue weighted by molar-refractivity contribution is 7.90. The van der Waals surface area contributed by atoms with Crippen LogP contribution in [0.3, 0.4) is 0 Å². The summed E-state index contributed by atoms with van der Waals surface area (Å²) in [6, 6.07) is 4.90. The molecule has 0 spiro atoms. The van der Waals surface area contributed by atoms with E-state index in [0.29, 0.717) is 26.6 Å². The lowest BCUT2D eigenvalue weighted by atomic mass is 10.1. The number of hydrogen-bond donors (Lipinski definition) is 0. The van der Waals surface area contributed by atoms with Crippen LogP contribution in [-0.2, 0) is 24.0 Å². The summed E-state index contributed by atoms with van der Waals surface area (Å²) in [7, 11) is 1.76. The molecule has 0 fully saturated rings. The Balaban J connectivity index is 2.20. The number of Topliss-reactive ketones (excluding diaryl/α,β-unsaturated/α-hetero) is 1. The van der Waals surface area contributed by atoms with E-state index in [9.17, 15) is 9.35 Å². The molecule has 5 nitrogen and oxygen atoms in total. The predicted molar refractivity (Wildman–Crippen MR) is 100 cm³/mol. The summed E-state index contributed by atoms with van der Waals surface area (Å²) in [4.78, 5) is 16.5. The van der Waals surface area contributed by atoms with Gasteiger partial charge >= 0.3 is 0 Å². The van der Waals surface area contributed by atoms with Crippen LogP contribution < -0.4 is 0 Å². The van der Waals surface area contributed by atoms with E-state index in [1.807, 2.05) is 0 Å². The molecule has 0 N–H and O–H groups in total. The molecule has 3 rings (SSSR count). The van der Waals surface area contributed by atoms with Crippen LogP contribution in [0.15, 0.2) is 29.4 Å². The van der Waals surface area contributed by atoms with E-state index < -0.39 is 11.2 Å². The van der Waals surface area contributed by atoms with E-state index in [1.165, 1.54) is 6.92 Å². The Morgan fingerprint density at radius 2 is 1.92 bits per heavy atom. The summed E-state index contributed by atoms with van der Waals surface area (Å²) in [5, 5.41) is 5.39. The molecule has 1 aromatic carbocycles. The minimum atomic E-state index is -1.63. The van der Waals surface area contributed by atoms with Gasteiger partial charge in [0.05, 0.1) is 20.6 Å². The van der Waals surface area contributed by atoms with Crippen molar-refractivity contribution in [3.63, 3.8) is 0 Å². The summed E-state index contributed by atoms with van der Waals surface area (Å²) in [6.07, 6.45) is 1.75. The van der Waals surface area contributed by atoms with Crippen molar-refractivity contribution in [2.45, 2.75) is 17.7 Å². The Morgan fingerprint density at radius 3 is 2.52 bits per heavy atom. The van der Waals surface area contributed by atoms with Gasteiger partial charge in [-0.2, -0.15) is 10.1 Å². The molecule has 0 bridgehead atoms. The molecule has 0 saturated heterocycles. The maximum Gasteiger partial charge on any atom is 0.257 e. The van der Waals surface area contributed by atoms with Crippen LogP contribution in [0.1, 0.15) is 23.0 Å². The van der Waals surface area contributed by atoms with Gasteiger partial charge in [-0.3, -0.25) is 9.48 Å². The molecule has 0 saturated carbocycles. The molecule has 0 aliphatic rings. The molecular formula is C16H12Cl3N3O2S. The number of rotatable bonds is 4. The minimum absolute atomic E-state index is 0.0832. The summed E-state index contributed by atoms with van der Waals surface area (Å²) in [6.45, 7) is 1.34. The molecule has 9 heteroatoms. The normalized spacial score (nSPS) is 12.6. The number of ketones is 1. The summed E-state index contributed by atoms with van der Waals surface area (Å²) in [5.41, 5.74) is 1.02. The number of nitrogens with zero attached hydrogens (tertiary/aromatic N) is 3. The Hall–Kier alpha value is -1.31. The van der Waals surface area contributed by atoms with Crippen LogP contribution >= 0.6 is 34.8 Å². The van der Waals surface area contributed by atoms with Crippen molar-refractivity contribution in [2.24, 2.45) is 7.05 Å². The fourth-order valence-electron chi connectivity index (χ4n) is 2.45. The first-order chi connectivity index (χ1) is 11.8. The molecule has 3 aromatic rings. The molecule has 1 atom stereocenters.